The van der Waals surface area contributed by atoms with Gasteiger partial charge in [0.1, 0.15) is 5.82 Å². The largest absolute Gasteiger partial charge is 0.366 e. The number of rotatable bonds is 5. The van der Waals surface area contributed by atoms with E-state index in [2.05, 4.69) is 21.5 Å². The summed E-state index contributed by atoms with van der Waals surface area (Å²) < 4.78 is 25.9. The maximum Gasteiger partial charge on any atom is 0.256 e. The monoisotopic (exact) mass is 341 g/mol. The number of aromatic nitrogens is 1. The van der Waals surface area contributed by atoms with Gasteiger partial charge in [-0.05, 0) is 19.4 Å². The molecule has 0 bridgehead atoms. The van der Waals surface area contributed by atoms with Crippen molar-refractivity contribution in [2.45, 2.75) is 50.6 Å². The summed E-state index contributed by atoms with van der Waals surface area (Å²) in [4.78, 5) is 16.5. The molecule has 4 nitrogen and oxygen atoms in total. The molecule has 0 spiro atoms. The second-order valence-electron chi connectivity index (χ2n) is 5.94. The lowest BCUT2D eigenvalue weighted by atomic mass is 9.88. The summed E-state index contributed by atoms with van der Waals surface area (Å²) in [5.41, 5.74) is -0.622. The van der Waals surface area contributed by atoms with Crippen molar-refractivity contribution < 1.29 is 13.6 Å². The van der Waals surface area contributed by atoms with E-state index >= 15 is 0 Å². The van der Waals surface area contributed by atoms with E-state index in [1.807, 2.05) is 6.92 Å². The first-order valence-electron chi connectivity index (χ1n) is 7.28. The second-order valence-corrected chi connectivity index (χ2v) is 6.38. The van der Waals surface area contributed by atoms with E-state index in [0.717, 1.165) is 0 Å². The van der Waals surface area contributed by atoms with Crippen LogP contribution in [0.4, 0.5) is 14.6 Å². The number of anilines is 1. The second kappa shape index (κ2) is 6.32. The zero-order valence-corrected chi connectivity index (χ0v) is 13.7. The van der Waals surface area contributed by atoms with Gasteiger partial charge < -0.3 is 10.6 Å². The Balaban J connectivity index is 2.19. The summed E-state index contributed by atoms with van der Waals surface area (Å²) in [6, 6.07) is 1.02. The molecule has 0 radical (unpaired) electrons. The van der Waals surface area contributed by atoms with E-state index in [9.17, 15) is 13.6 Å². The Morgan fingerprint density at radius 2 is 2.26 bits per heavy atom. The standard InChI is InChI=1S/C16H18ClF2N3O/c1-4-15(3,5-2)22-14(23)12-6-10(17)9-20-13(12)21-11-7-16(18,19)8-11/h1,6,9,11H,5,7-8H2,2-3H3,(H,20,21)(H,22,23)/t15-/m0/s1. The van der Waals surface area contributed by atoms with E-state index in [-0.39, 0.29) is 29.2 Å². The normalized spacial score (nSPS) is 19.1. The third kappa shape index (κ3) is 4.11. The van der Waals surface area contributed by atoms with Crippen molar-refractivity contribution in [3.05, 3.63) is 22.8 Å². The summed E-state index contributed by atoms with van der Waals surface area (Å²) in [5.74, 6) is -0.348. The fraction of sp³-hybridized carbons (Fsp3) is 0.500. The molecule has 1 atom stereocenters. The number of pyridine rings is 1. The minimum absolute atomic E-state index is 0.183. The van der Waals surface area contributed by atoms with Gasteiger partial charge in [0, 0.05) is 25.1 Å². The Morgan fingerprint density at radius 3 is 2.78 bits per heavy atom. The highest BCUT2D eigenvalue weighted by Crippen LogP contribution is 2.39. The van der Waals surface area contributed by atoms with Crippen molar-refractivity contribution in [3.63, 3.8) is 0 Å². The summed E-state index contributed by atoms with van der Waals surface area (Å²) >= 11 is 5.90. The number of terminal acetylenes is 1. The maximum atomic E-state index is 12.9. The molecule has 1 fully saturated rings. The van der Waals surface area contributed by atoms with Crippen LogP contribution < -0.4 is 10.6 Å². The Kier molecular flexibility index (Phi) is 4.81. The molecule has 0 aromatic carbocycles. The Hall–Kier alpha value is -1.87. The van der Waals surface area contributed by atoms with Gasteiger partial charge in [-0.1, -0.05) is 24.4 Å². The average Bonchev–Trinajstić information content (AvgIpc) is 2.46. The van der Waals surface area contributed by atoms with Gasteiger partial charge in [0.2, 0.25) is 0 Å². The lowest BCUT2D eigenvalue weighted by Gasteiger charge is -2.36. The molecule has 1 saturated carbocycles. The number of alkyl halides is 2. The fourth-order valence-corrected chi connectivity index (χ4v) is 2.39. The van der Waals surface area contributed by atoms with Gasteiger partial charge in [-0.3, -0.25) is 4.79 Å². The van der Waals surface area contributed by atoms with Crippen molar-refractivity contribution in [1.82, 2.24) is 10.3 Å². The number of amides is 1. The van der Waals surface area contributed by atoms with Crippen LogP contribution in [0.5, 0.6) is 0 Å². The van der Waals surface area contributed by atoms with Crippen molar-refractivity contribution in [1.29, 1.82) is 0 Å². The van der Waals surface area contributed by atoms with E-state index in [4.69, 9.17) is 18.0 Å². The first-order chi connectivity index (χ1) is 10.7. The first kappa shape index (κ1) is 17.5. The van der Waals surface area contributed by atoms with Crippen LogP contribution in [0.2, 0.25) is 5.02 Å². The molecule has 124 valence electrons. The Morgan fingerprint density at radius 1 is 1.61 bits per heavy atom. The molecule has 1 amide bonds. The van der Waals surface area contributed by atoms with Crippen LogP contribution in [0.25, 0.3) is 0 Å². The molecule has 1 aromatic rings. The number of carbonyl (C=O) groups excluding carboxylic acids is 1. The molecule has 0 unspecified atom stereocenters. The molecule has 0 saturated heterocycles. The Labute approximate surface area is 139 Å². The average molecular weight is 342 g/mol. The molecule has 1 heterocycles. The fourth-order valence-electron chi connectivity index (χ4n) is 2.23. The van der Waals surface area contributed by atoms with Crippen LogP contribution in [0.15, 0.2) is 12.3 Å². The van der Waals surface area contributed by atoms with E-state index < -0.39 is 23.4 Å². The van der Waals surface area contributed by atoms with Crippen LogP contribution in [0.3, 0.4) is 0 Å². The molecule has 1 aliphatic carbocycles. The topological polar surface area (TPSA) is 54.0 Å². The summed E-state index contributed by atoms with van der Waals surface area (Å²) in [5, 5.41) is 5.89. The Bertz CT molecular complexity index is 651. The van der Waals surface area contributed by atoms with Crippen molar-refractivity contribution in [3.8, 4) is 12.3 Å². The molecule has 23 heavy (non-hydrogen) atoms. The van der Waals surface area contributed by atoms with E-state index in [0.29, 0.717) is 6.42 Å². The van der Waals surface area contributed by atoms with Gasteiger partial charge in [0.15, 0.2) is 0 Å². The number of hydrogen-bond acceptors (Lipinski definition) is 3. The van der Waals surface area contributed by atoms with Crippen molar-refractivity contribution >= 4 is 23.3 Å². The van der Waals surface area contributed by atoms with Crippen LogP contribution in [-0.2, 0) is 0 Å². The molecule has 1 aromatic heterocycles. The van der Waals surface area contributed by atoms with Crippen LogP contribution in [0, 0.1) is 12.3 Å². The SMILES string of the molecule is C#C[C@@](C)(CC)NC(=O)c1cc(Cl)cnc1NC1CC(F)(F)C1. The van der Waals surface area contributed by atoms with Gasteiger partial charge in [0.25, 0.3) is 11.8 Å². The van der Waals surface area contributed by atoms with Crippen LogP contribution in [0.1, 0.15) is 43.5 Å². The van der Waals surface area contributed by atoms with Crippen LogP contribution in [-0.4, -0.2) is 28.4 Å². The number of carbonyl (C=O) groups is 1. The van der Waals surface area contributed by atoms with E-state index in [1.165, 1.54) is 12.3 Å². The molecule has 2 rings (SSSR count). The highest BCUT2D eigenvalue weighted by atomic mass is 35.5. The summed E-state index contributed by atoms with van der Waals surface area (Å²) in [7, 11) is 0. The summed E-state index contributed by atoms with van der Waals surface area (Å²) in [6.45, 7) is 3.58. The van der Waals surface area contributed by atoms with Gasteiger partial charge in [-0.2, -0.15) is 0 Å². The molecule has 2 N–H and O–H groups in total. The van der Waals surface area contributed by atoms with Crippen molar-refractivity contribution in [2.75, 3.05) is 5.32 Å². The van der Waals surface area contributed by atoms with E-state index in [1.54, 1.807) is 6.92 Å². The predicted octanol–water partition coefficient (Wildman–Crippen LogP) is 3.48. The van der Waals surface area contributed by atoms with Crippen molar-refractivity contribution in [2.24, 2.45) is 0 Å². The number of nitrogens with one attached hydrogen (secondary N) is 2. The number of halogens is 3. The number of nitrogens with zero attached hydrogens (tertiary/aromatic N) is 1. The highest BCUT2D eigenvalue weighted by molar-refractivity contribution is 6.31. The van der Waals surface area contributed by atoms with Gasteiger partial charge >= 0.3 is 0 Å². The molecular weight excluding hydrogens is 324 g/mol. The first-order valence-corrected chi connectivity index (χ1v) is 7.66. The molecule has 7 heteroatoms. The third-order valence-corrected chi connectivity index (χ3v) is 4.15. The third-order valence-electron chi connectivity index (χ3n) is 3.94. The van der Waals surface area contributed by atoms with Gasteiger partial charge in [0.05, 0.1) is 16.1 Å². The summed E-state index contributed by atoms with van der Waals surface area (Å²) in [6.07, 6.45) is 6.78. The van der Waals surface area contributed by atoms with Gasteiger partial charge in [-0.15, -0.1) is 6.42 Å². The zero-order chi connectivity index (χ0) is 17.3. The zero-order valence-electron chi connectivity index (χ0n) is 12.9. The van der Waals surface area contributed by atoms with Crippen LogP contribution >= 0.6 is 11.6 Å². The highest BCUT2D eigenvalue weighted by Gasteiger charge is 2.45. The minimum atomic E-state index is -2.66. The molecule has 0 aliphatic heterocycles. The quantitative estimate of drug-likeness (QED) is 0.806. The predicted molar refractivity (Wildman–Crippen MR) is 85.8 cm³/mol. The lowest BCUT2D eigenvalue weighted by Crippen LogP contribution is -2.46. The minimum Gasteiger partial charge on any atom is -0.366 e. The smallest absolute Gasteiger partial charge is 0.256 e. The maximum absolute atomic E-state index is 12.9. The molecule has 1 aliphatic rings. The van der Waals surface area contributed by atoms with Gasteiger partial charge in [-0.25, -0.2) is 13.8 Å². The lowest BCUT2D eigenvalue weighted by molar-refractivity contribution is -0.0794. The molecular formula is C16H18ClF2N3O. The number of hydrogen-bond donors (Lipinski definition) is 2.